The molecule has 0 aliphatic heterocycles. The number of nitriles is 1. The van der Waals surface area contributed by atoms with Crippen molar-refractivity contribution < 1.29 is 9.53 Å². The second-order valence-corrected chi connectivity index (χ2v) is 24.9. The number of carbonyl (C=O) groups excluding carboxylic acids is 1. The fraction of sp³-hybridized carbons (Fsp3) is 0.378. The van der Waals surface area contributed by atoms with Crippen LogP contribution in [0.3, 0.4) is 0 Å². The molecule has 0 fully saturated rings. The molecule has 4 aromatic rings. The van der Waals surface area contributed by atoms with Crippen LogP contribution in [0.1, 0.15) is 80.8 Å². The minimum absolute atomic E-state index is 0.266. The van der Waals surface area contributed by atoms with E-state index in [0.29, 0.717) is 23.4 Å². The Morgan fingerprint density at radius 3 is 2.09 bits per heavy atom. The summed E-state index contributed by atoms with van der Waals surface area (Å²) in [4.78, 5) is 18.2. The van der Waals surface area contributed by atoms with Crippen molar-refractivity contribution in [2.24, 2.45) is 0 Å². The van der Waals surface area contributed by atoms with E-state index in [1.54, 1.807) is 31.4 Å². The van der Waals surface area contributed by atoms with Gasteiger partial charge in [0, 0.05) is 0 Å². The second-order valence-electron chi connectivity index (χ2n) is 11.7. The molecule has 2 N–H and O–H groups in total. The number of fused-ring (bicyclic) bond motifs is 1. The van der Waals surface area contributed by atoms with E-state index in [4.69, 9.17) is 9.72 Å². The van der Waals surface area contributed by atoms with Gasteiger partial charge in [-0.25, -0.2) is 0 Å². The van der Waals surface area contributed by atoms with Crippen LogP contribution >= 0.6 is 0 Å². The summed E-state index contributed by atoms with van der Waals surface area (Å²) < 4.78 is 10.8. The summed E-state index contributed by atoms with van der Waals surface area (Å²) in [5.41, 5.74) is 3.44. The van der Waals surface area contributed by atoms with E-state index in [-0.39, 0.29) is 11.7 Å². The van der Waals surface area contributed by atoms with Gasteiger partial charge in [-0.05, 0) is 0 Å². The van der Waals surface area contributed by atoms with Gasteiger partial charge >= 0.3 is 256 Å². The molecule has 7 heteroatoms. The SMILES string of the molecule is CCC[CH2][Sn]([CH2]CCC)([CH2]CCC)[c]1ccc2nc(NC(=O)c3ccc(OC)cc3)c(C#N)c(NCc3ccccc3)c2c1. The quantitative estimate of drug-likeness (QED) is 0.114. The van der Waals surface area contributed by atoms with Gasteiger partial charge in [-0.2, -0.15) is 0 Å². The molecule has 0 radical (unpaired) electrons. The molecule has 0 unspecified atom stereocenters. The van der Waals surface area contributed by atoms with E-state index in [2.05, 4.69) is 67.8 Å². The number of nitrogens with zero attached hydrogens (tertiary/aromatic N) is 2. The van der Waals surface area contributed by atoms with Gasteiger partial charge in [-0.3, -0.25) is 0 Å². The first-order valence-corrected chi connectivity index (χ1v) is 23.6. The molecule has 1 heterocycles. The number of ether oxygens (including phenoxy) is 1. The predicted octanol–water partition coefficient (Wildman–Crippen LogP) is 9.04. The third-order valence-corrected chi connectivity index (χ3v) is 24.2. The first-order valence-electron chi connectivity index (χ1n) is 16.1. The third-order valence-electron chi connectivity index (χ3n) is 8.63. The standard InChI is InChI=1S/C25H19N4O2.3C4H9.Sn/c1-31-19-13-11-18(12-14-19)25(30)29-24-21(15-26)23(20-9-5-6-10-22(20)28-24)27-16-17-7-3-2-4-8-17;3*1-3-4-2;/h2-4,6-14H,16H2,1H3,(H2,27,28,29,30);3*1,3-4H2,2H3;. The monoisotopic (exact) mass is 698 g/mol. The van der Waals surface area contributed by atoms with Crippen LogP contribution in [0.15, 0.2) is 72.8 Å². The second kappa shape index (κ2) is 16.5. The molecule has 0 saturated heterocycles. The van der Waals surface area contributed by atoms with Crippen molar-refractivity contribution in [1.82, 2.24) is 4.98 Å². The molecule has 0 atom stereocenters. The molecule has 6 nitrogen and oxygen atoms in total. The van der Waals surface area contributed by atoms with Gasteiger partial charge in [0.25, 0.3) is 0 Å². The van der Waals surface area contributed by atoms with E-state index in [0.717, 1.165) is 22.2 Å². The molecule has 1 aromatic heterocycles. The molecule has 4 rings (SSSR count). The first-order chi connectivity index (χ1) is 21.5. The number of benzene rings is 3. The topological polar surface area (TPSA) is 87.0 Å². The van der Waals surface area contributed by atoms with Gasteiger partial charge in [-0.1, -0.05) is 0 Å². The summed E-state index contributed by atoms with van der Waals surface area (Å²) >= 11 is -2.76. The van der Waals surface area contributed by atoms with E-state index < -0.39 is 18.4 Å². The van der Waals surface area contributed by atoms with Gasteiger partial charge in [0.1, 0.15) is 0 Å². The summed E-state index contributed by atoms with van der Waals surface area (Å²) in [5, 5.41) is 18.0. The zero-order valence-electron chi connectivity index (χ0n) is 26.7. The zero-order valence-corrected chi connectivity index (χ0v) is 29.6. The molecule has 0 aliphatic carbocycles. The number of hydrogen-bond donors (Lipinski definition) is 2. The zero-order chi connectivity index (χ0) is 31.4. The number of methoxy groups -OCH3 is 1. The number of unbranched alkanes of at least 4 members (excludes halogenated alkanes) is 3. The molecular weight excluding hydrogens is 651 g/mol. The molecule has 3 aromatic carbocycles. The molecule has 44 heavy (non-hydrogen) atoms. The normalized spacial score (nSPS) is 11.2. The van der Waals surface area contributed by atoms with Crippen molar-refractivity contribution in [2.45, 2.75) is 79.2 Å². The van der Waals surface area contributed by atoms with Crippen LogP contribution < -0.4 is 18.9 Å². The fourth-order valence-corrected chi connectivity index (χ4v) is 22.0. The van der Waals surface area contributed by atoms with Crippen LogP contribution in [0.5, 0.6) is 5.75 Å². The maximum absolute atomic E-state index is 13.3. The van der Waals surface area contributed by atoms with E-state index in [1.165, 1.54) is 55.4 Å². The summed E-state index contributed by atoms with van der Waals surface area (Å²) in [5.74, 6) is 0.613. The fourth-order valence-electron chi connectivity index (χ4n) is 6.04. The number of aromatic nitrogens is 1. The Hall–Kier alpha value is -3.57. The van der Waals surface area contributed by atoms with Crippen LogP contribution in [0.25, 0.3) is 10.9 Å². The van der Waals surface area contributed by atoms with Crippen molar-refractivity contribution in [1.29, 1.82) is 5.26 Å². The summed E-state index contributed by atoms with van der Waals surface area (Å²) in [6.07, 6.45) is 7.47. The van der Waals surface area contributed by atoms with E-state index in [9.17, 15) is 10.1 Å². The number of anilines is 2. The van der Waals surface area contributed by atoms with E-state index in [1.807, 2.05) is 18.2 Å². The molecule has 230 valence electrons. The van der Waals surface area contributed by atoms with Crippen molar-refractivity contribution in [3.05, 3.63) is 89.5 Å². The Kier molecular flexibility index (Phi) is 12.5. The van der Waals surface area contributed by atoms with E-state index >= 15 is 0 Å². The average Bonchev–Trinajstić information content (AvgIpc) is 3.07. The van der Waals surface area contributed by atoms with Crippen molar-refractivity contribution in [3.8, 4) is 11.8 Å². The molecule has 0 bridgehead atoms. The number of amides is 1. The van der Waals surface area contributed by atoms with Crippen LogP contribution in [0, 0.1) is 11.3 Å². The Morgan fingerprint density at radius 1 is 0.886 bits per heavy atom. The van der Waals surface area contributed by atoms with Crippen molar-refractivity contribution >= 4 is 50.3 Å². The minimum atomic E-state index is -2.76. The average molecular weight is 698 g/mol. The molecule has 0 saturated carbocycles. The Labute approximate surface area is 267 Å². The maximum atomic E-state index is 13.3. The van der Waals surface area contributed by atoms with Gasteiger partial charge < -0.3 is 4.74 Å². The third kappa shape index (κ3) is 8.12. The number of pyridine rings is 1. The number of nitrogens with one attached hydrogen (secondary N) is 2. The van der Waals surface area contributed by atoms with Gasteiger partial charge in [-0.15, -0.1) is 0 Å². The van der Waals surface area contributed by atoms with Crippen LogP contribution in [-0.2, 0) is 6.54 Å². The molecule has 0 spiro atoms. The van der Waals surface area contributed by atoms with Gasteiger partial charge in [0.2, 0.25) is 0 Å². The van der Waals surface area contributed by atoms with Crippen molar-refractivity contribution in [2.75, 3.05) is 17.7 Å². The van der Waals surface area contributed by atoms with Gasteiger partial charge in [0.15, 0.2) is 0 Å². The first kappa shape index (κ1) is 33.3. The Balaban J connectivity index is 1.84. The number of hydrogen-bond acceptors (Lipinski definition) is 5. The number of carbonyl (C=O) groups is 1. The van der Waals surface area contributed by atoms with Crippen LogP contribution in [0.2, 0.25) is 13.3 Å². The van der Waals surface area contributed by atoms with Crippen LogP contribution in [0.4, 0.5) is 11.5 Å². The molecule has 1 amide bonds. The molecular formula is C37H46N4O2Sn. The van der Waals surface area contributed by atoms with Gasteiger partial charge in [0.05, 0.1) is 7.11 Å². The Morgan fingerprint density at radius 2 is 1.52 bits per heavy atom. The van der Waals surface area contributed by atoms with Crippen molar-refractivity contribution in [3.63, 3.8) is 0 Å². The summed E-state index contributed by atoms with van der Waals surface area (Å²) in [7, 11) is 1.59. The van der Waals surface area contributed by atoms with Crippen LogP contribution in [-0.4, -0.2) is 36.4 Å². The predicted molar refractivity (Wildman–Crippen MR) is 186 cm³/mol. The summed E-state index contributed by atoms with van der Waals surface area (Å²) in [6.45, 7) is 7.45. The summed E-state index contributed by atoms with van der Waals surface area (Å²) in [6, 6.07) is 26.3. The molecule has 0 aliphatic rings. The number of rotatable bonds is 16. The Bertz CT molecular complexity index is 1540.